The van der Waals surface area contributed by atoms with Gasteiger partial charge in [0.05, 0.1) is 7.11 Å². The minimum Gasteiger partial charge on any atom is -0.466 e. The van der Waals surface area contributed by atoms with Gasteiger partial charge < -0.3 is 10.1 Å². The van der Waals surface area contributed by atoms with Gasteiger partial charge in [-0.2, -0.15) is 0 Å². The third kappa shape index (κ3) is 3.99. The quantitative estimate of drug-likeness (QED) is 0.640. The van der Waals surface area contributed by atoms with E-state index in [1.165, 1.54) is 37.6 Å². The maximum atomic E-state index is 12.8. The normalized spacial score (nSPS) is 10.3. The number of nitrogens with one attached hydrogen (secondary N) is 1. The average Bonchev–Trinajstić information content (AvgIpc) is 2.16. The van der Waals surface area contributed by atoms with Crippen molar-refractivity contribution in [3.8, 4) is 0 Å². The fraction of sp³-hybridized carbons (Fsp3) is 0.100. The number of ether oxygens (including phenoxy) is 1. The lowest BCUT2D eigenvalue weighted by Crippen LogP contribution is -1.96. The van der Waals surface area contributed by atoms with E-state index in [2.05, 4.69) is 10.1 Å². The minimum absolute atomic E-state index is 0.281. The molecule has 0 unspecified atom stereocenters. The maximum Gasteiger partial charge on any atom is 0.331 e. The van der Waals surface area contributed by atoms with Gasteiger partial charge in [-0.1, -0.05) is 11.6 Å². The number of benzene rings is 1. The summed E-state index contributed by atoms with van der Waals surface area (Å²) >= 11 is 5.62. The fourth-order valence-electron chi connectivity index (χ4n) is 0.911. The van der Waals surface area contributed by atoms with Crippen molar-refractivity contribution in [2.24, 2.45) is 0 Å². The molecule has 1 aromatic rings. The van der Waals surface area contributed by atoms with Crippen molar-refractivity contribution in [1.29, 1.82) is 0 Å². The van der Waals surface area contributed by atoms with Crippen LogP contribution in [0.5, 0.6) is 0 Å². The smallest absolute Gasteiger partial charge is 0.331 e. The molecule has 0 amide bonds. The van der Waals surface area contributed by atoms with Crippen molar-refractivity contribution in [2.75, 3.05) is 12.4 Å². The molecule has 1 N–H and O–H groups in total. The summed E-state index contributed by atoms with van der Waals surface area (Å²) in [7, 11) is 1.27. The summed E-state index contributed by atoms with van der Waals surface area (Å²) in [5, 5.41) is 2.97. The monoisotopic (exact) mass is 229 g/mol. The molecule has 15 heavy (non-hydrogen) atoms. The van der Waals surface area contributed by atoms with Crippen molar-refractivity contribution >= 4 is 23.3 Å². The van der Waals surface area contributed by atoms with Crippen LogP contribution in [-0.2, 0) is 9.53 Å². The zero-order valence-electron chi connectivity index (χ0n) is 7.96. The van der Waals surface area contributed by atoms with Crippen LogP contribution in [0.3, 0.4) is 0 Å². The summed E-state index contributed by atoms with van der Waals surface area (Å²) in [5.41, 5.74) is 0.458. The van der Waals surface area contributed by atoms with Gasteiger partial charge in [-0.25, -0.2) is 9.18 Å². The van der Waals surface area contributed by atoms with Crippen LogP contribution in [0.25, 0.3) is 0 Å². The predicted molar refractivity (Wildman–Crippen MR) is 56.2 cm³/mol. The van der Waals surface area contributed by atoms with E-state index in [1.807, 2.05) is 0 Å². The zero-order valence-corrected chi connectivity index (χ0v) is 8.72. The van der Waals surface area contributed by atoms with Crippen LogP contribution < -0.4 is 5.32 Å². The van der Waals surface area contributed by atoms with Gasteiger partial charge in [0.1, 0.15) is 5.82 Å². The fourth-order valence-corrected chi connectivity index (χ4v) is 1.13. The van der Waals surface area contributed by atoms with Crippen molar-refractivity contribution < 1.29 is 13.9 Å². The van der Waals surface area contributed by atoms with Gasteiger partial charge in [0.2, 0.25) is 0 Å². The molecule has 3 nitrogen and oxygen atoms in total. The van der Waals surface area contributed by atoms with Gasteiger partial charge in [0.15, 0.2) is 0 Å². The molecule has 0 bridgehead atoms. The Kier molecular flexibility index (Phi) is 4.12. The Labute approximate surface area is 91.5 Å². The highest BCUT2D eigenvalue weighted by Crippen LogP contribution is 2.17. The highest BCUT2D eigenvalue weighted by Gasteiger charge is 1.97. The lowest BCUT2D eigenvalue weighted by atomic mass is 10.3. The first-order chi connectivity index (χ1) is 7.11. The molecule has 1 aromatic carbocycles. The van der Waals surface area contributed by atoms with Crippen molar-refractivity contribution in [2.45, 2.75) is 0 Å². The van der Waals surface area contributed by atoms with Crippen LogP contribution in [0, 0.1) is 5.82 Å². The Morgan fingerprint density at radius 2 is 2.27 bits per heavy atom. The molecule has 0 aromatic heterocycles. The number of hydrogen-bond donors (Lipinski definition) is 1. The molecule has 1 rings (SSSR count). The van der Waals surface area contributed by atoms with E-state index < -0.39 is 11.8 Å². The third-order valence-corrected chi connectivity index (χ3v) is 1.75. The molecule has 0 aliphatic heterocycles. The molecule has 0 spiro atoms. The Bertz CT molecular complexity index is 373. The molecule has 0 saturated heterocycles. The van der Waals surface area contributed by atoms with Crippen molar-refractivity contribution in [1.82, 2.24) is 0 Å². The second-order valence-corrected chi connectivity index (χ2v) is 3.10. The van der Waals surface area contributed by atoms with Crippen LogP contribution in [0.2, 0.25) is 5.02 Å². The van der Waals surface area contributed by atoms with E-state index in [4.69, 9.17) is 11.6 Å². The van der Waals surface area contributed by atoms with Crippen LogP contribution in [0.15, 0.2) is 30.5 Å². The molecular weight excluding hydrogens is 221 g/mol. The standard InChI is InChI=1S/C10H9ClFNO2/c1-15-10(14)2-3-13-9-5-7(11)4-8(12)6-9/h2-6,13H,1H3/b3-2+. The van der Waals surface area contributed by atoms with E-state index in [9.17, 15) is 9.18 Å². The molecule has 0 heterocycles. The number of methoxy groups -OCH3 is 1. The lowest BCUT2D eigenvalue weighted by Gasteiger charge is -2.01. The van der Waals surface area contributed by atoms with Gasteiger partial charge in [-0.3, -0.25) is 0 Å². The summed E-state index contributed by atoms with van der Waals surface area (Å²) in [5.74, 6) is -0.943. The topological polar surface area (TPSA) is 38.3 Å². The Balaban J connectivity index is 2.65. The van der Waals surface area contributed by atoms with E-state index in [0.29, 0.717) is 5.69 Å². The Morgan fingerprint density at radius 1 is 1.53 bits per heavy atom. The number of carbonyl (C=O) groups excluding carboxylic acids is 1. The summed E-state index contributed by atoms with van der Waals surface area (Å²) in [4.78, 5) is 10.7. The predicted octanol–water partition coefficient (Wildman–Crippen LogP) is 2.58. The SMILES string of the molecule is COC(=O)/C=C/Nc1cc(F)cc(Cl)c1. The first-order valence-corrected chi connectivity index (χ1v) is 4.47. The van der Waals surface area contributed by atoms with E-state index in [1.54, 1.807) is 0 Å². The summed E-state index contributed by atoms with van der Waals surface area (Å²) in [6, 6.07) is 3.98. The Morgan fingerprint density at radius 3 is 2.87 bits per heavy atom. The highest BCUT2D eigenvalue weighted by molar-refractivity contribution is 6.30. The minimum atomic E-state index is -0.495. The van der Waals surface area contributed by atoms with Crippen LogP contribution in [-0.4, -0.2) is 13.1 Å². The van der Waals surface area contributed by atoms with E-state index in [0.717, 1.165) is 0 Å². The van der Waals surface area contributed by atoms with Crippen LogP contribution >= 0.6 is 11.6 Å². The van der Waals surface area contributed by atoms with Gasteiger partial charge >= 0.3 is 5.97 Å². The van der Waals surface area contributed by atoms with Crippen molar-refractivity contribution in [3.05, 3.63) is 41.3 Å². The van der Waals surface area contributed by atoms with Gasteiger partial charge in [0, 0.05) is 23.0 Å². The molecular formula is C10H9ClFNO2. The second-order valence-electron chi connectivity index (χ2n) is 2.66. The number of carbonyl (C=O) groups is 1. The zero-order chi connectivity index (χ0) is 11.3. The average molecular weight is 230 g/mol. The van der Waals surface area contributed by atoms with Gasteiger partial charge in [-0.05, 0) is 18.2 Å². The first kappa shape index (κ1) is 11.5. The largest absolute Gasteiger partial charge is 0.466 e. The number of rotatable bonds is 3. The lowest BCUT2D eigenvalue weighted by molar-refractivity contribution is -0.134. The number of hydrogen-bond acceptors (Lipinski definition) is 3. The molecule has 0 saturated carbocycles. The van der Waals surface area contributed by atoms with Gasteiger partial charge in [-0.15, -0.1) is 0 Å². The maximum absolute atomic E-state index is 12.8. The molecule has 80 valence electrons. The number of esters is 1. The molecule has 0 aliphatic carbocycles. The molecule has 5 heteroatoms. The van der Waals surface area contributed by atoms with Crippen LogP contribution in [0.1, 0.15) is 0 Å². The Hall–Kier alpha value is -1.55. The molecule has 0 aliphatic rings. The summed E-state index contributed by atoms with van der Waals surface area (Å²) in [6.45, 7) is 0. The molecule has 0 radical (unpaired) electrons. The summed E-state index contributed by atoms with van der Waals surface area (Å²) < 4.78 is 17.2. The van der Waals surface area contributed by atoms with E-state index in [-0.39, 0.29) is 5.02 Å². The summed E-state index contributed by atoms with van der Waals surface area (Å²) in [6.07, 6.45) is 2.52. The van der Waals surface area contributed by atoms with Gasteiger partial charge in [0.25, 0.3) is 0 Å². The van der Waals surface area contributed by atoms with Crippen LogP contribution in [0.4, 0.5) is 10.1 Å². The molecule has 0 atom stereocenters. The van der Waals surface area contributed by atoms with Crippen molar-refractivity contribution in [3.63, 3.8) is 0 Å². The second kappa shape index (κ2) is 5.36. The first-order valence-electron chi connectivity index (χ1n) is 4.09. The number of halogens is 2. The highest BCUT2D eigenvalue weighted by atomic mass is 35.5. The van der Waals surface area contributed by atoms with E-state index >= 15 is 0 Å². The molecule has 0 fully saturated rings. The number of anilines is 1. The third-order valence-electron chi connectivity index (χ3n) is 1.53.